The number of rotatable bonds is 2. The molecule has 94 valence electrons. The third-order valence-electron chi connectivity index (χ3n) is 3.41. The van der Waals surface area contributed by atoms with Crippen molar-refractivity contribution in [3.05, 3.63) is 50.6 Å². The Hall–Kier alpha value is -0.800. The standard InChI is InChI=1S/C15H16BrNS/c1-11-8-12-4-2-3-5-14(12)17(9-11)10-13-6-7-15(16)18-13/h2-7,11H,8-10H2,1H3. The lowest BCUT2D eigenvalue weighted by Crippen LogP contribution is -2.33. The van der Waals surface area contributed by atoms with E-state index in [1.807, 2.05) is 11.3 Å². The van der Waals surface area contributed by atoms with E-state index < -0.39 is 0 Å². The Labute approximate surface area is 121 Å². The van der Waals surface area contributed by atoms with Crippen LogP contribution in [-0.2, 0) is 13.0 Å². The van der Waals surface area contributed by atoms with Crippen LogP contribution in [0.15, 0.2) is 40.2 Å². The molecule has 0 bridgehead atoms. The lowest BCUT2D eigenvalue weighted by Gasteiger charge is -2.34. The number of anilines is 1. The van der Waals surface area contributed by atoms with Gasteiger partial charge in [-0.2, -0.15) is 0 Å². The molecular formula is C15H16BrNS. The van der Waals surface area contributed by atoms with Crippen molar-refractivity contribution < 1.29 is 0 Å². The van der Waals surface area contributed by atoms with Crippen LogP contribution in [0.3, 0.4) is 0 Å². The zero-order valence-electron chi connectivity index (χ0n) is 10.4. The summed E-state index contributed by atoms with van der Waals surface area (Å²) in [5, 5.41) is 0. The average Bonchev–Trinajstić information content (AvgIpc) is 2.74. The van der Waals surface area contributed by atoms with Crippen molar-refractivity contribution in [2.75, 3.05) is 11.4 Å². The second-order valence-electron chi connectivity index (χ2n) is 5.02. The minimum atomic E-state index is 0.739. The highest BCUT2D eigenvalue weighted by atomic mass is 79.9. The van der Waals surface area contributed by atoms with Gasteiger partial charge in [0.25, 0.3) is 0 Å². The quantitative estimate of drug-likeness (QED) is 0.774. The van der Waals surface area contributed by atoms with E-state index >= 15 is 0 Å². The van der Waals surface area contributed by atoms with E-state index in [9.17, 15) is 0 Å². The maximum Gasteiger partial charge on any atom is 0.0702 e. The number of hydrogen-bond donors (Lipinski definition) is 0. The predicted octanol–water partition coefficient (Wildman–Crippen LogP) is 4.71. The van der Waals surface area contributed by atoms with Crippen LogP contribution in [0.1, 0.15) is 17.4 Å². The van der Waals surface area contributed by atoms with Gasteiger partial charge in [-0.05, 0) is 52.0 Å². The van der Waals surface area contributed by atoms with E-state index in [4.69, 9.17) is 0 Å². The molecule has 2 heterocycles. The number of nitrogens with zero attached hydrogens (tertiary/aromatic N) is 1. The molecule has 0 saturated carbocycles. The number of thiophene rings is 1. The van der Waals surface area contributed by atoms with Gasteiger partial charge in [-0.25, -0.2) is 0 Å². The van der Waals surface area contributed by atoms with Gasteiger partial charge in [0.15, 0.2) is 0 Å². The summed E-state index contributed by atoms with van der Waals surface area (Å²) in [5.74, 6) is 0.739. The first kappa shape index (κ1) is 12.2. The predicted molar refractivity (Wildman–Crippen MR) is 82.4 cm³/mol. The molecule has 18 heavy (non-hydrogen) atoms. The van der Waals surface area contributed by atoms with Gasteiger partial charge in [-0.15, -0.1) is 11.3 Å². The van der Waals surface area contributed by atoms with Gasteiger partial charge >= 0.3 is 0 Å². The molecular weight excluding hydrogens is 306 g/mol. The zero-order chi connectivity index (χ0) is 12.5. The molecule has 1 aliphatic heterocycles. The smallest absolute Gasteiger partial charge is 0.0702 e. The molecule has 0 fully saturated rings. The number of halogens is 1. The third kappa shape index (κ3) is 2.47. The van der Waals surface area contributed by atoms with Crippen LogP contribution in [0.5, 0.6) is 0 Å². The van der Waals surface area contributed by atoms with Gasteiger partial charge in [0, 0.05) is 17.1 Å². The molecule has 1 unspecified atom stereocenters. The van der Waals surface area contributed by atoms with Crippen LogP contribution in [0.2, 0.25) is 0 Å². The van der Waals surface area contributed by atoms with Gasteiger partial charge in [0.2, 0.25) is 0 Å². The molecule has 1 aromatic carbocycles. The van der Waals surface area contributed by atoms with Crippen molar-refractivity contribution in [3.63, 3.8) is 0 Å². The van der Waals surface area contributed by atoms with E-state index in [1.54, 1.807) is 0 Å². The topological polar surface area (TPSA) is 3.24 Å². The number of hydrogen-bond acceptors (Lipinski definition) is 2. The van der Waals surface area contributed by atoms with Gasteiger partial charge in [-0.1, -0.05) is 25.1 Å². The minimum absolute atomic E-state index is 0.739. The van der Waals surface area contributed by atoms with Crippen molar-refractivity contribution in [2.45, 2.75) is 19.9 Å². The van der Waals surface area contributed by atoms with Crippen LogP contribution in [0.25, 0.3) is 0 Å². The minimum Gasteiger partial charge on any atom is -0.366 e. The van der Waals surface area contributed by atoms with Crippen molar-refractivity contribution in [3.8, 4) is 0 Å². The van der Waals surface area contributed by atoms with E-state index in [0.717, 1.165) is 19.0 Å². The number of para-hydroxylation sites is 1. The molecule has 0 saturated heterocycles. The lowest BCUT2D eigenvalue weighted by molar-refractivity contribution is 0.531. The normalized spacial score (nSPS) is 18.8. The van der Waals surface area contributed by atoms with E-state index in [-0.39, 0.29) is 0 Å². The van der Waals surface area contributed by atoms with Crippen LogP contribution in [-0.4, -0.2) is 6.54 Å². The maximum absolute atomic E-state index is 3.54. The molecule has 0 N–H and O–H groups in total. The first-order valence-electron chi connectivity index (χ1n) is 6.29. The monoisotopic (exact) mass is 321 g/mol. The van der Waals surface area contributed by atoms with Crippen LogP contribution in [0.4, 0.5) is 5.69 Å². The second kappa shape index (κ2) is 5.06. The Morgan fingerprint density at radius 2 is 2.11 bits per heavy atom. The summed E-state index contributed by atoms with van der Waals surface area (Å²) in [5.41, 5.74) is 2.91. The molecule has 3 heteroatoms. The number of benzene rings is 1. The summed E-state index contributed by atoms with van der Waals surface area (Å²) in [4.78, 5) is 3.94. The zero-order valence-corrected chi connectivity index (χ0v) is 12.8. The third-order valence-corrected chi connectivity index (χ3v) is 5.02. The van der Waals surface area contributed by atoms with Crippen LogP contribution < -0.4 is 4.90 Å². The van der Waals surface area contributed by atoms with Crippen molar-refractivity contribution in [1.82, 2.24) is 0 Å². The Kier molecular flexibility index (Phi) is 3.44. The van der Waals surface area contributed by atoms with E-state index in [1.165, 1.54) is 26.3 Å². The molecule has 3 rings (SSSR count). The number of fused-ring (bicyclic) bond motifs is 1. The highest BCUT2D eigenvalue weighted by Crippen LogP contribution is 2.32. The molecule has 0 aliphatic carbocycles. The Balaban J connectivity index is 1.88. The molecule has 0 amide bonds. The maximum atomic E-state index is 3.54. The summed E-state index contributed by atoms with van der Waals surface area (Å²) >= 11 is 5.37. The largest absolute Gasteiger partial charge is 0.366 e. The fraction of sp³-hybridized carbons (Fsp3) is 0.333. The Bertz CT molecular complexity index is 549. The Morgan fingerprint density at radius 3 is 2.89 bits per heavy atom. The molecule has 1 atom stereocenters. The fourth-order valence-electron chi connectivity index (χ4n) is 2.68. The molecule has 2 aromatic rings. The SMILES string of the molecule is CC1Cc2ccccc2N(Cc2ccc(Br)s2)C1. The second-order valence-corrected chi connectivity index (χ2v) is 7.57. The fourth-order valence-corrected chi connectivity index (χ4v) is 4.18. The van der Waals surface area contributed by atoms with E-state index in [2.05, 4.69) is 64.2 Å². The summed E-state index contributed by atoms with van der Waals surface area (Å²) in [7, 11) is 0. The molecule has 1 nitrogen and oxygen atoms in total. The molecule has 1 aliphatic rings. The van der Waals surface area contributed by atoms with Crippen molar-refractivity contribution >= 4 is 33.0 Å². The van der Waals surface area contributed by atoms with Gasteiger partial charge < -0.3 is 4.90 Å². The highest BCUT2D eigenvalue weighted by Gasteiger charge is 2.21. The molecule has 1 aromatic heterocycles. The van der Waals surface area contributed by atoms with Gasteiger partial charge in [-0.3, -0.25) is 0 Å². The summed E-state index contributed by atoms with van der Waals surface area (Å²) in [6.07, 6.45) is 1.21. The highest BCUT2D eigenvalue weighted by molar-refractivity contribution is 9.11. The first-order valence-corrected chi connectivity index (χ1v) is 7.90. The Morgan fingerprint density at radius 1 is 1.28 bits per heavy atom. The van der Waals surface area contributed by atoms with Crippen LogP contribution >= 0.6 is 27.3 Å². The first-order chi connectivity index (χ1) is 8.72. The average molecular weight is 322 g/mol. The van der Waals surface area contributed by atoms with E-state index in [0.29, 0.717) is 0 Å². The van der Waals surface area contributed by atoms with Gasteiger partial charge in [0.1, 0.15) is 0 Å². The lowest BCUT2D eigenvalue weighted by atomic mass is 9.94. The summed E-state index contributed by atoms with van der Waals surface area (Å²) in [6, 6.07) is 13.2. The van der Waals surface area contributed by atoms with Crippen LogP contribution in [0, 0.1) is 5.92 Å². The van der Waals surface area contributed by atoms with Gasteiger partial charge in [0.05, 0.1) is 10.3 Å². The summed E-state index contributed by atoms with van der Waals surface area (Å²) in [6.45, 7) is 4.53. The molecule has 0 spiro atoms. The molecule has 0 radical (unpaired) electrons. The van der Waals surface area contributed by atoms with Crippen molar-refractivity contribution in [2.24, 2.45) is 5.92 Å². The van der Waals surface area contributed by atoms with Crippen molar-refractivity contribution in [1.29, 1.82) is 0 Å². The summed E-state index contributed by atoms with van der Waals surface area (Å²) < 4.78 is 1.22.